The summed E-state index contributed by atoms with van der Waals surface area (Å²) in [6.45, 7) is 3.84. The number of nitrogens with zero attached hydrogens (tertiary/aromatic N) is 3. The van der Waals surface area contributed by atoms with E-state index in [2.05, 4.69) is 15.4 Å². The molecule has 0 saturated heterocycles. The van der Waals surface area contributed by atoms with Crippen molar-refractivity contribution in [2.45, 2.75) is 13.8 Å². The van der Waals surface area contributed by atoms with E-state index in [0.717, 1.165) is 22.3 Å². The highest BCUT2D eigenvalue weighted by molar-refractivity contribution is 5.94. The van der Waals surface area contributed by atoms with Crippen molar-refractivity contribution in [3.8, 4) is 5.75 Å². The van der Waals surface area contributed by atoms with Crippen LogP contribution >= 0.6 is 0 Å². The van der Waals surface area contributed by atoms with E-state index in [1.165, 1.54) is 0 Å². The molecular weight excluding hydrogens is 292 g/mol. The average Bonchev–Trinajstić information content (AvgIpc) is 2.80. The number of rotatable bonds is 4. The zero-order valence-corrected chi connectivity index (χ0v) is 13.3. The monoisotopic (exact) mass is 310 g/mol. The maximum absolute atomic E-state index is 12.0. The minimum Gasteiger partial charge on any atom is -0.484 e. The second kappa shape index (κ2) is 6.08. The van der Waals surface area contributed by atoms with Gasteiger partial charge in [-0.05, 0) is 37.6 Å². The average molecular weight is 310 g/mol. The fraction of sp³-hybridized carbons (Fsp3) is 0.235. The van der Waals surface area contributed by atoms with Gasteiger partial charge in [0.15, 0.2) is 12.3 Å². The Morgan fingerprint density at radius 1 is 1.30 bits per heavy atom. The number of carbonyl (C=O) groups excluding carboxylic acids is 1. The maximum atomic E-state index is 12.0. The van der Waals surface area contributed by atoms with Crippen LogP contribution in [0.1, 0.15) is 11.3 Å². The quantitative estimate of drug-likeness (QED) is 0.804. The van der Waals surface area contributed by atoms with Crippen molar-refractivity contribution < 1.29 is 9.53 Å². The van der Waals surface area contributed by atoms with Crippen LogP contribution in [0, 0.1) is 13.8 Å². The molecule has 0 bridgehead atoms. The van der Waals surface area contributed by atoms with Gasteiger partial charge in [0.1, 0.15) is 5.75 Å². The van der Waals surface area contributed by atoms with E-state index < -0.39 is 0 Å². The third-order valence-corrected chi connectivity index (χ3v) is 3.51. The molecule has 0 spiro atoms. The number of nitrogens with one attached hydrogen (secondary N) is 1. The van der Waals surface area contributed by atoms with Gasteiger partial charge in [-0.2, -0.15) is 5.10 Å². The summed E-state index contributed by atoms with van der Waals surface area (Å²) in [5, 5.41) is 8.02. The lowest BCUT2D eigenvalue weighted by Crippen LogP contribution is -2.20. The van der Waals surface area contributed by atoms with Crippen molar-refractivity contribution in [1.29, 1.82) is 0 Å². The molecule has 0 radical (unpaired) electrons. The molecule has 2 heterocycles. The molecule has 0 unspecified atom stereocenters. The number of carbonyl (C=O) groups is 1. The van der Waals surface area contributed by atoms with Crippen molar-refractivity contribution in [3.63, 3.8) is 0 Å². The normalized spacial score (nSPS) is 10.7. The molecule has 0 atom stereocenters. The molecule has 1 N–H and O–H groups in total. The molecule has 118 valence electrons. The Labute approximate surface area is 134 Å². The van der Waals surface area contributed by atoms with Crippen molar-refractivity contribution in [2.24, 2.45) is 7.05 Å². The number of amides is 1. The smallest absolute Gasteiger partial charge is 0.262 e. The molecule has 0 saturated carbocycles. The fourth-order valence-corrected chi connectivity index (χ4v) is 2.43. The van der Waals surface area contributed by atoms with E-state index in [4.69, 9.17) is 4.74 Å². The van der Waals surface area contributed by atoms with Crippen LogP contribution in [-0.4, -0.2) is 27.3 Å². The van der Waals surface area contributed by atoms with Gasteiger partial charge in [-0.1, -0.05) is 12.1 Å². The van der Waals surface area contributed by atoms with Gasteiger partial charge in [-0.15, -0.1) is 0 Å². The summed E-state index contributed by atoms with van der Waals surface area (Å²) in [6, 6.07) is 9.46. The summed E-state index contributed by atoms with van der Waals surface area (Å²) >= 11 is 0. The van der Waals surface area contributed by atoms with Gasteiger partial charge >= 0.3 is 0 Å². The molecule has 0 fully saturated rings. The van der Waals surface area contributed by atoms with Crippen LogP contribution in [0.15, 0.2) is 36.5 Å². The van der Waals surface area contributed by atoms with E-state index in [-0.39, 0.29) is 12.5 Å². The van der Waals surface area contributed by atoms with Crippen LogP contribution in [0.3, 0.4) is 0 Å². The molecule has 2 aromatic heterocycles. The second-order valence-electron chi connectivity index (χ2n) is 5.46. The minimum absolute atomic E-state index is 0.0481. The van der Waals surface area contributed by atoms with Gasteiger partial charge in [0.05, 0.1) is 17.6 Å². The number of hydrogen-bond donors (Lipinski definition) is 1. The first-order chi connectivity index (χ1) is 11.0. The molecular formula is C17H18N4O2. The fourth-order valence-electron chi connectivity index (χ4n) is 2.43. The molecule has 6 nitrogen and oxygen atoms in total. The summed E-state index contributed by atoms with van der Waals surface area (Å²) < 4.78 is 7.21. The zero-order chi connectivity index (χ0) is 16.4. The van der Waals surface area contributed by atoms with Crippen molar-refractivity contribution in [2.75, 3.05) is 11.9 Å². The second-order valence-corrected chi connectivity index (χ2v) is 5.46. The highest BCUT2D eigenvalue weighted by Gasteiger charge is 2.09. The third-order valence-electron chi connectivity index (χ3n) is 3.51. The molecule has 3 rings (SSSR count). The lowest BCUT2D eigenvalue weighted by atomic mass is 10.2. The highest BCUT2D eigenvalue weighted by atomic mass is 16.5. The SMILES string of the molecule is Cc1cccc(OCC(=O)Nc2cnc3c(c2)c(C)nn3C)c1. The first-order valence-corrected chi connectivity index (χ1v) is 7.31. The zero-order valence-electron chi connectivity index (χ0n) is 13.3. The topological polar surface area (TPSA) is 69.0 Å². The summed E-state index contributed by atoms with van der Waals surface area (Å²) in [4.78, 5) is 16.3. The predicted octanol–water partition coefficient (Wildman–Crippen LogP) is 2.60. The molecule has 1 aromatic carbocycles. The number of benzene rings is 1. The van der Waals surface area contributed by atoms with Crippen molar-refractivity contribution in [1.82, 2.24) is 14.8 Å². The molecule has 23 heavy (non-hydrogen) atoms. The predicted molar refractivity (Wildman–Crippen MR) is 88.5 cm³/mol. The van der Waals surface area contributed by atoms with Crippen LogP contribution in [0.25, 0.3) is 11.0 Å². The van der Waals surface area contributed by atoms with Crippen molar-refractivity contribution >= 4 is 22.6 Å². The highest BCUT2D eigenvalue weighted by Crippen LogP contribution is 2.19. The van der Waals surface area contributed by atoms with Gasteiger partial charge in [0, 0.05) is 12.4 Å². The van der Waals surface area contributed by atoms with E-state index in [1.807, 2.05) is 51.2 Å². The molecule has 1 amide bonds. The maximum Gasteiger partial charge on any atom is 0.262 e. The van der Waals surface area contributed by atoms with Crippen LogP contribution in [0.4, 0.5) is 5.69 Å². The Kier molecular flexibility index (Phi) is 3.97. The molecule has 3 aromatic rings. The first-order valence-electron chi connectivity index (χ1n) is 7.31. The number of fused-ring (bicyclic) bond motifs is 1. The van der Waals surface area contributed by atoms with Crippen LogP contribution < -0.4 is 10.1 Å². The van der Waals surface area contributed by atoms with Gasteiger partial charge in [0.25, 0.3) is 5.91 Å². The van der Waals surface area contributed by atoms with Gasteiger partial charge in [-0.3, -0.25) is 9.48 Å². The first kappa shape index (κ1) is 15.0. The Morgan fingerprint density at radius 3 is 2.91 bits per heavy atom. The summed E-state index contributed by atoms with van der Waals surface area (Å²) in [5.74, 6) is 0.450. The molecule has 0 aliphatic carbocycles. The summed E-state index contributed by atoms with van der Waals surface area (Å²) in [5.41, 5.74) is 3.38. The Hall–Kier alpha value is -2.89. The lowest BCUT2D eigenvalue weighted by Gasteiger charge is -2.08. The minimum atomic E-state index is -0.228. The van der Waals surface area contributed by atoms with Gasteiger partial charge in [-0.25, -0.2) is 4.98 Å². The summed E-state index contributed by atoms with van der Waals surface area (Å²) in [7, 11) is 1.84. The third kappa shape index (κ3) is 3.31. The number of aromatic nitrogens is 3. The summed E-state index contributed by atoms with van der Waals surface area (Å²) in [6.07, 6.45) is 1.62. The van der Waals surface area contributed by atoms with E-state index >= 15 is 0 Å². The van der Waals surface area contributed by atoms with Crippen LogP contribution in [0.2, 0.25) is 0 Å². The number of aryl methyl sites for hydroxylation is 3. The van der Waals surface area contributed by atoms with Gasteiger partial charge < -0.3 is 10.1 Å². The van der Waals surface area contributed by atoms with Gasteiger partial charge in [0.2, 0.25) is 0 Å². The number of pyridine rings is 1. The Bertz CT molecular complexity index is 870. The van der Waals surface area contributed by atoms with Crippen molar-refractivity contribution in [3.05, 3.63) is 47.8 Å². The van der Waals surface area contributed by atoms with Crippen LogP contribution in [0.5, 0.6) is 5.75 Å². The lowest BCUT2D eigenvalue weighted by molar-refractivity contribution is -0.118. The molecule has 0 aliphatic rings. The Morgan fingerprint density at radius 2 is 2.13 bits per heavy atom. The molecule has 6 heteroatoms. The largest absolute Gasteiger partial charge is 0.484 e. The number of ether oxygens (including phenoxy) is 1. The van der Waals surface area contributed by atoms with E-state index in [9.17, 15) is 4.79 Å². The van der Waals surface area contributed by atoms with Crippen LogP contribution in [-0.2, 0) is 11.8 Å². The molecule has 0 aliphatic heterocycles. The van der Waals surface area contributed by atoms with E-state index in [0.29, 0.717) is 11.4 Å². The number of anilines is 1. The number of hydrogen-bond acceptors (Lipinski definition) is 4. The standard InChI is InChI=1S/C17H18N4O2/c1-11-5-4-6-14(7-11)23-10-16(22)19-13-8-15-12(2)20-21(3)17(15)18-9-13/h4-9H,10H2,1-3H3,(H,19,22). The Balaban J connectivity index is 1.67. The van der Waals surface area contributed by atoms with E-state index in [1.54, 1.807) is 10.9 Å².